The van der Waals surface area contributed by atoms with Crippen LogP contribution in [0.2, 0.25) is 18.1 Å². The van der Waals surface area contributed by atoms with Crippen molar-refractivity contribution in [1.82, 2.24) is 5.32 Å². The fraction of sp³-hybridized carbons (Fsp3) is 0.639. The first-order chi connectivity index (χ1) is 22.7. The second-order valence-electron chi connectivity index (χ2n) is 12.9. The van der Waals surface area contributed by atoms with Crippen LogP contribution in [0.25, 0.3) is 11.1 Å². The van der Waals surface area contributed by atoms with Crippen LogP contribution in [0.4, 0.5) is 4.79 Å². The van der Waals surface area contributed by atoms with Gasteiger partial charge in [0.1, 0.15) is 6.61 Å². The van der Waals surface area contributed by atoms with Gasteiger partial charge in [-0.1, -0.05) is 69.3 Å². The molecule has 11 heteroatoms. The summed E-state index contributed by atoms with van der Waals surface area (Å²) in [6, 6.07) is 16.6. The Bertz CT molecular complexity index is 1110. The molecule has 0 saturated heterocycles. The number of carbonyl (C=O) groups excluding carboxylic acids is 1. The molecule has 0 fully saturated rings. The SMILES string of the molecule is CC(C)(C)[Si](C)(C)OCCOCCOCCOCCOCCOCCOCCCNC(=O)OCC1c2ccccc2-c2ccccc21. The van der Waals surface area contributed by atoms with Crippen LogP contribution in [-0.4, -0.2) is 113 Å². The van der Waals surface area contributed by atoms with Crippen LogP contribution in [0.15, 0.2) is 48.5 Å². The molecule has 0 saturated carbocycles. The number of alkyl carbamates (subject to hydrolysis) is 1. The average Bonchev–Trinajstić information content (AvgIpc) is 3.37. The molecule has 0 atom stereocenters. The van der Waals surface area contributed by atoms with Gasteiger partial charge in [0.2, 0.25) is 0 Å². The van der Waals surface area contributed by atoms with Crippen LogP contribution in [-0.2, 0) is 37.6 Å². The van der Waals surface area contributed by atoms with Gasteiger partial charge in [-0.3, -0.25) is 0 Å². The fourth-order valence-electron chi connectivity index (χ4n) is 4.79. The minimum absolute atomic E-state index is 0.0564. The van der Waals surface area contributed by atoms with Gasteiger partial charge >= 0.3 is 6.09 Å². The summed E-state index contributed by atoms with van der Waals surface area (Å²) < 4.78 is 44.9. The molecule has 0 spiro atoms. The number of benzene rings is 2. The number of hydrogen-bond donors (Lipinski definition) is 1. The van der Waals surface area contributed by atoms with E-state index in [0.29, 0.717) is 105 Å². The fourth-order valence-corrected chi connectivity index (χ4v) is 5.81. The lowest BCUT2D eigenvalue weighted by Crippen LogP contribution is -2.41. The second kappa shape index (κ2) is 21.6. The Labute approximate surface area is 282 Å². The van der Waals surface area contributed by atoms with Gasteiger partial charge in [-0.2, -0.15) is 0 Å². The molecule has 0 unspecified atom stereocenters. The van der Waals surface area contributed by atoms with Gasteiger partial charge in [0.05, 0.1) is 79.3 Å². The summed E-state index contributed by atoms with van der Waals surface area (Å²) in [7, 11) is -1.70. The zero-order valence-electron chi connectivity index (χ0n) is 29.2. The first-order valence-corrected chi connectivity index (χ1v) is 19.8. The van der Waals surface area contributed by atoms with Crippen molar-refractivity contribution in [2.24, 2.45) is 0 Å². The number of rotatable bonds is 25. The lowest BCUT2D eigenvalue weighted by atomic mass is 9.98. The maximum absolute atomic E-state index is 12.2. The summed E-state index contributed by atoms with van der Waals surface area (Å²) in [5, 5.41) is 3.02. The first-order valence-electron chi connectivity index (χ1n) is 16.9. The van der Waals surface area contributed by atoms with E-state index in [2.05, 4.69) is 63.4 Å². The Morgan fingerprint density at radius 2 is 1.04 bits per heavy atom. The minimum atomic E-state index is -1.70. The van der Waals surface area contributed by atoms with Crippen LogP contribution >= 0.6 is 0 Å². The van der Waals surface area contributed by atoms with E-state index in [1.165, 1.54) is 22.3 Å². The van der Waals surface area contributed by atoms with Gasteiger partial charge in [0.25, 0.3) is 0 Å². The van der Waals surface area contributed by atoms with Gasteiger partial charge in [-0.25, -0.2) is 4.79 Å². The van der Waals surface area contributed by atoms with Crippen molar-refractivity contribution in [1.29, 1.82) is 0 Å². The molecule has 1 N–H and O–H groups in total. The molecule has 0 bridgehead atoms. The van der Waals surface area contributed by atoms with Crippen molar-refractivity contribution < 1.29 is 42.4 Å². The second-order valence-corrected chi connectivity index (χ2v) is 17.7. The summed E-state index contributed by atoms with van der Waals surface area (Å²) in [5.41, 5.74) is 4.83. The van der Waals surface area contributed by atoms with Crippen molar-refractivity contribution in [3.05, 3.63) is 59.7 Å². The van der Waals surface area contributed by atoms with Crippen LogP contribution < -0.4 is 5.32 Å². The molecule has 0 aliphatic heterocycles. The maximum atomic E-state index is 12.2. The van der Waals surface area contributed by atoms with Gasteiger partial charge in [0, 0.05) is 19.1 Å². The van der Waals surface area contributed by atoms with Crippen molar-refractivity contribution in [3.8, 4) is 11.1 Å². The largest absolute Gasteiger partial charge is 0.449 e. The Morgan fingerprint density at radius 3 is 1.49 bits per heavy atom. The number of fused-ring (bicyclic) bond motifs is 3. The highest BCUT2D eigenvalue weighted by molar-refractivity contribution is 6.74. The van der Waals surface area contributed by atoms with Crippen molar-refractivity contribution in [2.75, 3.05) is 99.0 Å². The molecule has 2 aromatic carbocycles. The highest BCUT2D eigenvalue weighted by atomic mass is 28.4. The van der Waals surface area contributed by atoms with E-state index in [1.807, 2.05) is 24.3 Å². The molecule has 10 nitrogen and oxygen atoms in total. The molecule has 0 radical (unpaired) electrons. The van der Waals surface area contributed by atoms with E-state index in [0.717, 1.165) is 0 Å². The van der Waals surface area contributed by atoms with Crippen LogP contribution in [0, 0.1) is 0 Å². The normalized spacial score (nSPS) is 13.0. The van der Waals surface area contributed by atoms with Crippen molar-refractivity contribution in [2.45, 2.75) is 51.2 Å². The minimum Gasteiger partial charge on any atom is -0.449 e. The Kier molecular flexibility index (Phi) is 18.0. The predicted octanol–water partition coefficient (Wildman–Crippen LogP) is 6.04. The summed E-state index contributed by atoms with van der Waals surface area (Å²) in [6.07, 6.45) is 0.285. The summed E-state index contributed by atoms with van der Waals surface area (Å²) in [6.45, 7) is 18.9. The molecule has 264 valence electrons. The number of ether oxygens (including phenoxy) is 7. The number of amides is 1. The number of carbonyl (C=O) groups is 1. The molecule has 3 rings (SSSR count). The summed E-state index contributed by atoms with van der Waals surface area (Å²) in [4.78, 5) is 12.2. The Balaban J connectivity index is 1.02. The molecule has 0 aromatic heterocycles. The molecule has 47 heavy (non-hydrogen) atoms. The third kappa shape index (κ3) is 14.3. The highest BCUT2D eigenvalue weighted by Gasteiger charge is 2.36. The van der Waals surface area contributed by atoms with Crippen LogP contribution in [0.5, 0.6) is 0 Å². The zero-order chi connectivity index (χ0) is 33.8. The molecule has 1 aliphatic carbocycles. The third-order valence-corrected chi connectivity index (χ3v) is 13.0. The van der Waals surface area contributed by atoms with Gasteiger partial charge in [-0.05, 0) is 46.8 Å². The van der Waals surface area contributed by atoms with Crippen LogP contribution in [0.3, 0.4) is 0 Å². The number of nitrogens with one attached hydrogen (secondary N) is 1. The van der Waals surface area contributed by atoms with Gasteiger partial charge in [0.15, 0.2) is 8.32 Å². The smallest absolute Gasteiger partial charge is 0.407 e. The highest BCUT2D eigenvalue weighted by Crippen LogP contribution is 2.44. The average molecular weight is 676 g/mol. The van der Waals surface area contributed by atoms with E-state index < -0.39 is 14.4 Å². The van der Waals surface area contributed by atoms with E-state index in [1.54, 1.807) is 0 Å². The van der Waals surface area contributed by atoms with Crippen molar-refractivity contribution >= 4 is 14.4 Å². The van der Waals surface area contributed by atoms with Gasteiger partial charge < -0.3 is 42.9 Å². The zero-order valence-corrected chi connectivity index (χ0v) is 30.2. The predicted molar refractivity (Wildman–Crippen MR) is 186 cm³/mol. The monoisotopic (exact) mass is 675 g/mol. The molecule has 1 amide bonds. The molecule has 2 aromatic rings. The topological polar surface area (TPSA) is 103 Å². The molecular weight excluding hydrogens is 618 g/mol. The maximum Gasteiger partial charge on any atom is 0.407 e. The molecular formula is C36H57NO9Si. The summed E-state index contributed by atoms with van der Waals surface area (Å²) in [5.74, 6) is 0.0564. The Morgan fingerprint density at radius 1 is 0.638 bits per heavy atom. The quantitative estimate of drug-likeness (QED) is 0.0998. The molecule has 0 heterocycles. The van der Waals surface area contributed by atoms with E-state index >= 15 is 0 Å². The van der Waals surface area contributed by atoms with E-state index in [-0.39, 0.29) is 11.0 Å². The van der Waals surface area contributed by atoms with Crippen LogP contribution in [0.1, 0.15) is 44.2 Å². The third-order valence-electron chi connectivity index (χ3n) is 8.44. The van der Waals surface area contributed by atoms with E-state index in [4.69, 9.17) is 37.6 Å². The molecule has 1 aliphatic rings. The van der Waals surface area contributed by atoms with Crippen molar-refractivity contribution in [3.63, 3.8) is 0 Å². The lowest BCUT2D eigenvalue weighted by Gasteiger charge is -2.36. The standard InChI is InChI=1S/C36H57NO9Si/c1-36(2,3)47(4,5)46-28-27-44-26-25-43-24-23-42-22-21-41-20-19-40-18-17-39-16-10-15-37-35(38)45-29-34-32-13-8-6-11-30(32)31-12-7-9-14-33(31)34/h6-9,11-14,34H,10,15-29H2,1-5H3,(H,37,38). The van der Waals surface area contributed by atoms with Gasteiger partial charge in [-0.15, -0.1) is 0 Å². The first kappa shape index (κ1) is 39.1. The Hall–Kier alpha value is -2.35. The lowest BCUT2D eigenvalue weighted by molar-refractivity contribution is -0.0180. The summed E-state index contributed by atoms with van der Waals surface area (Å²) >= 11 is 0. The van der Waals surface area contributed by atoms with E-state index in [9.17, 15) is 4.79 Å². The number of hydrogen-bond acceptors (Lipinski definition) is 9.